The van der Waals surface area contributed by atoms with E-state index in [0.29, 0.717) is 17.0 Å². The molecule has 0 bridgehead atoms. The van der Waals surface area contributed by atoms with E-state index in [2.05, 4.69) is 0 Å². The number of methoxy groups -OCH3 is 1. The summed E-state index contributed by atoms with van der Waals surface area (Å²) in [7, 11) is 1.41. The first-order valence-electron chi connectivity index (χ1n) is 7.29. The van der Waals surface area contributed by atoms with Crippen molar-refractivity contribution in [1.82, 2.24) is 0 Å². The molecule has 0 radical (unpaired) electrons. The molecule has 0 aliphatic carbocycles. The average molecular weight is 339 g/mol. The molecule has 3 rings (SSSR count). The number of nitro benzene ring substituents is 1. The van der Waals surface area contributed by atoms with Gasteiger partial charge in [0.2, 0.25) is 5.91 Å². The van der Waals surface area contributed by atoms with Gasteiger partial charge in [-0.2, -0.15) is 0 Å². The number of carbonyl (C=O) groups is 1. The molecule has 3 aromatic carbocycles. The van der Waals surface area contributed by atoms with E-state index in [1.54, 1.807) is 12.1 Å². The second-order valence-corrected chi connectivity index (χ2v) is 5.11. The lowest BCUT2D eigenvalue weighted by Gasteiger charge is -2.02. The van der Waals surface area contributed by atoms with Crippen LogP contribution in [0, 0.1) is 10.1 Å². The first kappa shape index (κ1) is 17.7. The van der Waals surface area contributed by atoms with E-state index in [1.165, 1.54) is 25.3 Å². The van der Waals surface area contributed by atoms with Crippen LogP contribution >= 0.6 is 0 Å². The van der Waals surface area contributed by atoms with Crippen LogP contribution in [0.4, 0.5) is 11.4 Å². The molecule has 0 fully saturated rings. The van der Waals surface area contributed by atoms with Gasteiger partial charge in [-0.3, -0.25) is 14.9 Å². The number of primary amides is 1. The van der Waals surface area contributed by atoms with Gasteiger partial charge >= 0.3 is 0 Å². The molecule has 3 aromatic rings. The Bertz CT molecular complexity index is 925. The highest BCUT2D eigenvalue weighted by Gasteiger charge is 2.08. The summed E-state index contributed by atoms with van der Waals surface area (Å²) in [6.07, 6.45) is 0. The molecule has 0 aliphatic heterocycles. The fraction of sp³-hybridized carbons (Fsp3) is 0.0556. The number of hydrogen-bond donors (Lipinski definition) is 2. The number of nitro groups is 1. The van der Waals surface area contributed by atoms with Crippen molar-refractivity contribution in [2.75, 3.05) is 12.8 Å². The molecule has 0 atom stereocenters. The second-order valence-electron chi connectivity index (χ2n) is 5.11. The van der Waals surface area contributed by atoms with Crippen molar-refractivity contribution in [2.45, 2.75) is 0 Å². The van der Waals surface area contributed by atoms with Crippen molar-refractivity contribution in [2.24, 2.45) is 5.73 Å². The van der Waals surface area contributed by atoms with Crippen molar-refractivity contribution in [3.8, 4) is 5.75 Å². The minimum atomic E-state index is -0.498. The quantitative estimate of drug-likeness (QED) is 0.431. The van der Waals surface area contributed by atoms with Crippen LogP contribution in [0.3, 0.4) is 0 Å². The number of fused-ring (bicyclic) bond motifs is 1. The van der Waals surface area contributed by atoms with Crippen molar-refractivity contribution in [3.63, 3.8) is 0 Å². The van der Waals surface area contributed by atoms with Crippen molar-refractivity contribution >= 4 is 28.1 Å². The molecule has 0 saturated carbocycles. The van der Waals surface area contributed by atoms with Crippen LogP contribution in [-0.2, 0) is 0 Å². The van der Waals surface area contributed by atoms with Crippen molar-refractivity contribution in [3.05, 3.63) is 76.3 Å². The predicted octanol–water partition coefficient (Wildman–Crippen LogP) is 3.12. The van der Waals surface area contributed by atoms with Crippen molar-refractivity contribution < 1.29 is 14.5 Å². The lowest BCUT2D eigenvalue weighted by Crippen LogP contribution is -2.10. The summed E-state index contributed by atoms with van der Waals surface area (Å²) in [5.41, 5.74) is 11.5. The third-order valence-electron chi connectivity index (χ3n) is 3.46. The minimum absolute atomic E-state index is 0.0268. The number of ether oxygens (including phenoxy) is 1. The highest BCUT2D eigenvalue weighted by molar-refractivity contribution is 5.97. The SMILES string of the molecule is COc1cc([N+](=O)[O-])ccc1N.NC(=O)c1ccc2ccccc2c1. The van der Waals surface area contributed by atoms with Crippen LogP contribution < -0.4 is 16.2 Å². The fourth-order valence-corrected chi connectivity index (χ4v) is 2.16. The maximum Gasteiger partial charge on any atom is 0.273 e. The molecule has 0 spiro atoms. The van der Waals surface area contributed by atoms with E-state index in [-0.39, 0.29) is 11.6 Å². The van der Waals surface area contributed by atoms with E-state index in [0.717, 1.165) is 10.8 Å². The van der Waals surface area contributed by atoms with Crippen LogP contribution in [0.5, 0.6) is 5.75 Å². The Morgan fingerprint density at radius 1 is 1.04 bits per heavy atom. The van der Waals surface area contributed by atoms with E-state index in [4.69, 9.17) is 16.2 Å². The molecular formula is C18H17N3O4. The van der Waals surface area contributed by atoms with Gasteiger partial charge < -0.3 is 16.2 Å². The van der Waals surface area contributed by atoms with E-state index in [1.807, 2.05) is 30.3 Å². The lowest BCUT2D eigenvalue weighted by atomic mass is 10.1. The van der Waals surface area contributed by atoms with Gasteiger partial charge in [-0.25, -0.2) is 0 Å². The number of hydrogen-bond acceptors (Lipinski definition) is 5. The van der Waals surface area contributed by atoms with Gasteiger partial charge in [-0.15, -0.1) is 0 Å². The van der Waals surface area contributed by atoms with Gasteiger partial charge in [-0.05, 0) is 29.0 Å². The summed E-state index contributed by atoms with van der Waals surface area (Å²) in [5, 5.41) is 12.4. The Labute approximate surface area is 144 Å². The van der Waals surface area contributed by atoms with Crippen LogP contribution in [0.1, 0.15) is 10.4 Å². The van der Waals surface area contributed by atoms with Gasteiger partial charge in [0.1, 0.15) is 5.75 Å². The number of non-ortho nitro benzene ring substituents is 1. The van der Waals surface area contributed by atoms with Crippen LogP contribution in [0.2, 0.25) is 0 Å². The summed E-state index contributed by atoms with van der Waals surface area (Å²) in [6, 6.07) is 17.4. The Hall–Kier alpha value is -3.61. The molecule has 0 aliphatic rings. The summed E-state index contributed by atoms with van der Waals surface area (Å²) in [5.74, 6) is -0.0602. The molecule has 7 nitrogen and oxygen atoms in total. The number of carbonyl (C=O) groups excluding carboxylic acids is 1. The standard InChI is InChI=1S/C11H9NO.C7H8N2O3/c12-11(13)10-6-5-8-3-1-2-4-9(8)7-10;1-12-7-4-5(9(10)11)2-3-6(7)8/h1-7H,(H2,12,13);2-4H,8H2,1H3. The summed E-state index contributed by atoms with van der Waals surface area (Å²) in [4.78, 5) is 20.7. The van der Waals surface area contributed by atoms with Gasteiger partial charge in [0.25, 0.3) is 5.69 Å². The molecule has 128 valence electrons. The predicted molar refractivity (Wildman–Crippen MR) is 96.5 cm³/mol. The summed E-state index contributed by atoms with van der Waals surface area (Å²) in [6.45, 7) is 0. The Kier molecular flexibility index (Phi) is 5.52. The van der Waals surface area contributed by atoms with Crippen LogP contribution in [-0.4, -0.2) is 17.9 Å². The van der Waals surface area contributed by atoms with Gasteiger partial charge in [0.05, 0.1) is 23.8 Å². The number of nitrogens with zero attached hydrogens (tertiary/aromatic N) is 1. The minimum Gasteiger partial charge on any atom is -0.494 e. The maximum atomic E-state index is 10.9. The number of benzene rings is 3. The van der Waals surface area contributed by atoms with Crippen LogP contribution in [0.25, 0.3) is 10.8 Å². The molecule has 0 heterocycles. The van der Waals surface area contributed by atoms with Gasteiger partial charge in [-0.1, -0.05) is 30.3 Å². The topological polar surface area (TPSA) is 121 Å². The molecule has 0 aromatic heterocycles. The molecule has 7 heteroatoms. The lowest BCUT2D eigenvalue weighted by molar-refractivity contribution is -0.384. The molecule has 0 saturated heterocycles. The zero-order valence-electron chi connectivity index (χ0n) is 13.5. The summed E-state index contributed by atoms with van der Waals surface area (Å²) < 4.78 is 4.81. The Morgan fingerprint density at radius 2 is 1.72 bits per heavy atom. The number of anilines is 1. The van der Waals surface area contributed by atoms with E-state index >= 15 is 0 Å². The van der Waals surface area contributed by atoms with Gasteiger partial charge in [0.15, 0.2) is 0 Å². The third-order valence-corrected chi connectivity index (χ3v) is 3.46. The zero-order chi connectivity index (χ0) is 18.4. The maximum absolute atomic E-state index is 10.9. The van der Waals surface area contributed by atoms with E-state index < -0.39 is 4.92 Å². The highest BCUT2D eigenvalue weighted by Crippen LogP contribution is 2.25. The molecule has 1 amide bonds. The molecular weight excluding hydrogens is 322 g/mol. The Balaban J connectivity index is 0.000000181. The molecule has 0 unspecified atom stereocenters. The average Bonchev–Trinajstić information content (AvgIpc) is 2.62. The normalized spacial score (nSPS) is 9.80. The highest BCUT2D eigenvalue weighted by atomic mass is 16.6. The van der Waals surface area contributed by atoms with Gasteiger partial charge in [0, 0.05) is 11.6 Å². The summed E-state index contributed by atoms with van der Waals surface area (Å²) >= 11 is 0. The van der Waals surface area contributed by atoms with Crippen molar-refractivity contribution in [1.29, 1.82) is 0 Å². The molecule has 25 heavy (non-hydrogen) atoms. The third kappa shape index (κ3) is 4.44. The van der Waals surface area contributed by atoms with Crippen LogP contribution in [0.15, 0.2) is 60.7 Å². The first-order valence-corrected chi connectivity index (χ1v) is 7.29. The second kappa shape index (κ2) is 7.78. The zero-order valence-corrected chi connectivity index (χ0v) is 13.5. The van der Waals surface area contributed by atoms with E-state index in [9.17, 15) is 14.9 Å². The Morgan fingerprint density at radius 3 is 2.32 bits per heavy atom. The number of nitrogen functional groups attached to an aromatic ring is 1. The number of rotatable bonds is 3. The monoisotopic (exact) mass is 339 g/mol. The fourth-order valence-electron chi connectivity index (χ4n) is 2.16. The number of nitrogens with two attached hydrogens (primary N) is 2. The largest absolute Gasteiger partial charge is 0.494 e. The molecule has 4 N–H and O–H groups in total. The number of amides is 1. The first-order chi connectivity index (χ1) is 11.9. The smallest absolute Gasteiger partial charge is 0.273 e.